The van der Waals surface area contributed by atoms with Gasteiger partial charge < -0.3 is 14.4 Å². The van der Waals surface area contributed by atoms with Crippen molar-refractivity contribution in [1.82, 2.24) is 19.4 Å². The molecule has 4 heterocycles. The largest absolute Gasteiger partial charge is 0.417 e. The van der Waals surface area contributed by atoms with Crippen molar-refractivity contribution in [3.05, 3.63) is 41.6 Å². The van der Waals surface area contributed by atoms with Gasteiger partial charge in [0.25, 0.3) is 0 Å². The number of aromatic nitrogens is 3. The van der Waals surface area contributed by atoms with Gasteiger partial charge in [-0.2, -0.15) is 13.2 Å². The van der Waals surface area contributed by atoms with E-state index in [4.69, 9.17) is 11.6 Å². The van der Waals surface area contributed by atoms with Crippen molar-refractivity contribution >= 4 is 23.3 Å². The predicted octanol–water partition coefficient (Wildman–Crippen LogP) is 4.03. The summed E-state index contributed by atoms with van der Waals surface area (Å²) in [6.45, 7) is 2.54. The highest BCUT2D eigenvalue weighted by Gasteiger charge is 2.34. The van der Waals surface area contributed by atoms with E-state index in [0.29, 0.717) is 37.8 Å². The Kier molecular flexibility index (Phi) is 5.90. The third kappa shape index (κ3) is 4.40. The maximum absolute atomic E-state index is 12.9. The summed E-state index contributed by atoms with van der Waals surface area (Å²) in [5.74, 6) is 0.446. The lowest BCUT2D eigenvalue weighted by atomic mass is 9.93. The first-order valence-corrected chi connectivity index (χ1v) is 10.4. The van der Waals surface area contributed by atoms with Crippen LogP contribution in [0.1, 0.15) is 37.3 Å². The summed E-state index contributed by atoms with van der Waals surface area (Å²) in [5, 5.41) is -0.0174. The Bertz CT molecular complexity index is 873. The molecule has 30 heavy (non-hydrogen) atoms. The molecule has 0 spiro atoms. The Morgan fingerprint density at radius 2 is 1.80 bits per heavy atom. The Hall–Kier alpha value is -2.29. The van der Waals surface area contributed by atoms with E-state index in [1.165, 1.54) is 0 Å². The molecule has 0 aliphatic carbocycles. The average molecular weight is 442 g/mol. The minimum absolute atomic E-state index is 0.0174. The van der Waals surface area contributed by atoms with Gasteiger partial charge in [0.2, 0.25) is 5.91 Å². The normalized spacial score (nSPS) is 19.3. The fourth-order valence-corrected chi connectivity index (χ4v) is 4.57. The lowest BCUT2D eigenvalue weighted by Gasteiger charge is -2.38. The maximum atomic E-state index is 12.9. The highest BCUT2D eigenvalue weighted by atomic mass is 35.5. The lowest BCUT2D eigenvalue weighted by Crippen LogP contribution is -2.45. The molecule has 2 aromatic rings. The van der Waals surface area contributed by atoms with Crippen LogP contribution in [0.2, 0.25) is 5.02 Å². The molecule has 0 bridgehead atoms. The van der Waals surface area contributed by atoms with E-state index in [0.717, 1.165) is 38.2 Å². The fourth-order valence-electron chi connectivity index (χ4n) is 4.28. The summed E-state index contributed by atoms with van der Waals surface area (Å²) in [7, 11) is 0. The van der Waals surface area contributed by atoms with Gasteiger partial charge in [0.15, 0.2) is 0 Å². The van der Waals surface area contributed by atoms with Crippen LogP contribution in [0.5, 0.6) is 0 Å². The van der Waals surface area contributed by atoms with Gasteiger partial charge in [0.1, 0.15) is 5.82 Å². The van der Waals surface area contributed by atoms with Crippen LogP contribution in [0, 0.1) is 5.92 Å². The molecule has 4 rings (SSSR count). The third-order valence-electron chi connectivity index (χ3n) is 6.02. The molecule has 0 unspecified atom stereocenters. The smallest absolute Gasteiger partial charge is 0.355 e. The summed E-state index contributed by atoms with van der Waals surface area (Å²) in [4.78, 5) is 24.8. The second-order valence-electron chi connectivity index (χ2n) is 7.85. The Morgan fingerprint density at radius 1 is 1.10 bits per heavy atom. The quantitative estimate of drug-likeness (QED) is 0.721. The highest BCUT2D eigenvalue weighted by Crippen LogP contribution is 2.35. The molecule has 2 aliphatic heterocycles. The Balaban J connectivity index is 1.31. The number of pyridine rings is 1. The molecule has 1 amide bonds. The maximum Gasteiger partial charge on any atom is 0.417 e. The molecule has 0 atom stereocenters. The number of carbonyl (C=O) groups excluding carboxylic acids is 1. The summed E-state index contributed by atoms with van der Waals surface area (Å²) in [6, 6.07) is 1.29. The van der Waals surface area contributed by atoms with Crippen LogP contribution in [-0.4, -0.2) is 51.5 Å². The van der Waals surface area contributed by atoms with Crippen molar-refractivity contribution in [3.63, 3.8) is 0 Å². The Labute approximate surface area is 177 Å². The zero-order valence-electron chi connectivity index (χ0n) is 16.4. The van der Waals surface area contributed by atoms with E-state index in [-0.39, 0.29) is 16.8 Å². The topological polar surface area (TPSA) is 54.3 Å². The number of alkyl halides is 3. The number of likely N-dealkylation sites (tertiary alicyclic amines) is 1. The number of anilines is 1. The molecule has 0 aromatic carbocycles. The zero-order chi connectivity index (χ0) is 21.3. The van der Waals surface area contributed by atoms with Gasteiger partial charge in [-0.25, -0.2) is 9.97 Å². The summed E-state index contributed by atoms with van der Waals surface area (Å²) in [6.07, 6.45) is 4.97. The SMILES string of the molecule is O=C(C1CCN(c2ncc(C(F)(F)F)cc2Cl)CC1)N1CCC(n2ccnc2)CC1. The summed E-state index contributed by atoms with van der Waals surface area (Å²) >= 11 is 6.06. The first-order valence-electron chi connectivity index (χ1n) is 10.1. The molecule has 2 aromatic heterocycles. The second-order valence-corrected chi connectivity index (χ2v) is 8.26. The number of amides is 1. The number of rotatable bonds is 3. The first kappa shape index (κ1) is 21.0. The third-order valence-corrected chi connectivity index (χ3v) is 6.29. The van der Waals surface area contributed by atoms with Gasteiger partial charge >= 0.3 is 6.18 Å². The number of hydrogen-bond acceptors (Lipinski definition) is 4. The summed E-state index contributed by atoms with van der Waals surface area (Å²) < 4.78 is 40.5. The number of carbonyl (C=O) groups is 1. The fraction of sp³-hybridized carbons (Fsp3) is 0.550. The van der Waals surface area contributed by atoms with Gasteiger partial charge in [0, 0.05) is 56.7 Å². The molecule has 2 saturated heterocycles. The molecule has 0 saturated carbocycles. The molecule has 0 radical (unpaired) electrons. The minimum Gasteiger partial charge on any atom is -0.355 e. The first-order chi connectivity index (χ1) is 14.3. The van der Waals surface area contributed by atoms with Crippen LogP contribution in [0.3, 0.4) is 0 Å². The summed E-state index contributed by atoms with van der Waals surface area (Å²) in [5.41, 5.74) is -0.861. The number of piperidine rings is 2. The molecule has 2 aliphatic rings. The van der Waals surface area contributed by atoms with E-state index in [2.05, 4.69) is 14.5 Å². The van der Waals surface area contributed by atoms with E-state index in [1.807, 2.05) is 22.3 Å². The van der Waals surface area contributed by atoms with Crippen LogP contribution in [-0.2, 0) is 11.0 Å². The van der Waals surface area contributed by atoms with Gasteiger partial charge in [-0.05, 0) is 31.7 Å². The van der Waals surface area contributed by atoms with Crippen molar-refractivity contribution in [2.45, 2.75) is 37.9 Å². The van der Waals surface area contributed by atoms with E-state index in [1.54, 1.807) is 6.20 Å². The van der Waals surface area contributed by atoms with Crippen LogP contribution in [0.4, 0.5) is 19.0 Å². The van der Waals surface area contributed by atoms with E-state index in [9.17, 15) is 18.0 Å². The van der Waals surface area contributed by atoms with Gasteiger partial charge in [-0.1, -0.05) is 11.6 Å². The van der Waals surface area contributed by atoms with Crippen LogP contribution in [0.25, 0.3) is 0 Å². The predicted molar refractivity (Wildman–Crippen MR) is 106 cm³/mol. The van der Waals surface area contributed by atoms with Crippen LogP contribution >= 0.6 is 11.6 Å². The Morgan fingerprint density at radius 3 is 2.37 bits per heavy atom. The van der Waals surface area contributed by atoms with Crippen molar-refractivity contribution in [2.75, 3.05) is 31.1 Å². The number of halogens is 4. The molecule has 2 fully saturated rings. The molecular formula is C20H23ClF3N5O. The number of imidazole rings is 1. The van der Waals surface area contributed by atoms with Crippen molar-refractivity contribution in [1.29, 1.82) is 0 Å². The lowest BCUT2D eigenvalue weighted by molar-refractivity contribution is -0.138. The van der Waals surface area contributed by atoms with Gasteiger partial charge in [-0.15, -0.1) is 0 Å². The van der Waals surface area contributed by atoms with Crippen molar-refractivity contribution < 1.29 is 18.0 Å². The van der Waals surface area contributed by atoms with E-state index >= 15 is 0 Å². The van der Waals surface area contributed by atoms with E-state index < -0.39 is 11.7 Å². The van der Waals surface area contributed by atoms with Crippen LogP contribution in [0.15, 0.2) is 31.0 Å². The van der Waals surface area contributed by atoms with Gasteiger partial charge in [0.05, 0.1) is 16.9 Å². The van der Waals surface area contributed by atoms with Crippen molar-refractivity contribution in [2.24, 2.45) is 5.92 Å². The number of nitrogens with zero attached hydrogens (tertiary/aromatic N) is 5. The second kappa shape index (κ2) is 8.45. The minimum atomic E-state index is -4.47. The molecule has 162 valence electrons. The van der Waals surface area contributed by atoms with Crippen LogP contribution < -0.4 is 4.90 Å². The monoisotopic (exact) mass is 441 g/mol. The molecular weight excluding hydrogens is 419 g/mol. The van der Waals surface area contributed by atoms with Gasteiger partial charge in [-0.3, -0.25) is 4.79 Å². The average Bonchev–Trinajstić information content (AvgIpc) is 3.28. The molecule has 10 heteroatoms. The van der Waals surface area contributed by atoms with Crippen molar-refractivity contribution in [3.8, 4) is 0 Å². The highest BCUT2D eigenvalue weighted by molar-refractivity contribution is 6.33. The molecule has 6 nitrogen and oxygen atoms in total. The zero-order valence-corrected chi connectivity index (χ0v) is 17.1. The number of hydrogen-bond donors (Lipinski definition) is 0. The molecule has 0 N–H and O–H groups in total. The standard InChI is InChI=1S/C20H23ClF3N5O/c21-17-11-15(20(22,23)24)12-26-18(17)27-6-1-14(2-7-27)19(30)28-8-3-16(4-9-28)29-10-5-25-13-29/h5,10-14,16H,1-4,6-9H2.